The Labute approximate surface area is 104 Å². The van der Waals surface area contributed by atoms with Crippen molar-refractivity contribution in [1.82, 2.24) is 24.7 Å². The number of imidazole rings is 1. The number of hydrogen-bond acceptors (Lipinski definition) is 5. The van der Waals surface area contributed by atoms with Crippen molar-refractivity contribution < 1.29 is 0 Å². The molecule has 0 aromatic carbocycles. The molecule has 0 amide bonds. The van der Waals surface area contributed by atoms with E-state index in [9.17, 15) is 0 Å². The van der Waals surface area contributed by atoms with E-state index in [2.05, 4.69) is 25.5 Å². The van der Waals surface area contributed by atoms with E-state index in [1.165, 1.54) is 0 Å². The summed E-state index contributed by atoms with van der Waals surface area (Å²) >= 11 is 0. The Bertz CT molecular complexity index is 661. The number of rotatable bonds is 3. The van der Waals surface area contributed by atoms with Crippen LogP contribution in [0.2, 0.25) is 0 Å². The zero-order valence-corrected chi connectivity index (χ0v) is 9.91. The molecule has 18 heavy (non-hydrogen) atoms. The van der Waals surface area contributed by atoms with Gasteiger partial charge in [-0.15, -0.1) is 0 Å². The molecule has 1 N–H and O–H groups in total. The van der Waals surface area contributed by atoms with Crippen LogP contribution >= 0.6 is 0 Å². The second-order valence-electron chi connectivity index (χ2n) is 3.95. The summed E-state index contributed by atoms with van der Waals surface area (Å²) in [6.07, 6.45) is 5.20. The van der Waals surface area contributed by atoms with Crippen LogP contribution in [-0.2, 0) is 13.6 Å². The number of aryl methyl sites for hydroxylation is 1. The maximum Gasteiger partial charge on any atom is 0.154 e. The van der Waals surface area contributed by atoms with E-state index in [-0.39, 0.29) is 0 Å². The summed E-state index contributed by atoms with van der Waals surface area (Å²) in [5, 5.41) is 11.1. The van der Waals surface area contributed by atoms with Gasteiger partial charge in [0.1, 0.15) is 5.52 Å². The highest BCUT2D eigenvalue weighted by Crippen LogP contribution is 2.18. The predicted molar refractivity (Wildman–Crippen MR) is 67.9 cm³/mol. The highest BCUT2D eigenvalue weighted by atomic mass is 15.1. The average molecular weight is 240 g/mol. The summed E-state index contributed by atoms with van der Waals surface area (Å²) in [6, 6.07) is 5.72. The molecule has 6 heteroatoms. The zero-order valence-electron chi connectivity index (χ0n) is 9.91. The van der Waals surface area contributed by atoms with Gasteiger partial charge in [0, 0.05) is 19.4 Å². The SMILES string of the molecule is Cn1cnc2c(NCc3cccnn3)nccc21. The van der Waals surface area contributed by atoms with E-state index in [4.69, 9.17) is 0 Å². The Morgan fingerprint density at radius 1 is 1.22 bits per heavy atom. The van der Waals surface area contributed by atoms with Gasteiger partial charge in [-0.1, -0.05) is 0 Å². The van der Waals surface area contributed by atoms with Gasteiger partial charge in [-0.05, 0) is 18.2 Å². The monoisotopic (exact) mass is 240 g/mol. The quantitative estimate of drug-likeness (QED) is 0.748. The van der Waals surface area contributed by atoms with Crippen molar-refractivity contribution in [1.29, 1.82) is 0 Å². The molecule has 3 aromatic rings. The molecule has 6 nitrogen and oxygen atoms in total. The van der Waals surface area contributed by atoms with Gasteiger partial charge in [0.15, 0.2) is 5.82 Å². The third kappa shape index (κ3) is 1.88. The fraction of sp³-hybridized carbons (Fsp3) is 0.167. The van der Waals surface area contributed by atoms with Crippen LogP contribution in [0.15, 0.2) is 36.9 Å². The van der Waals surface area contributed by atoms with Crippen molar-refractivity contribution in [3.63, 3.8) is 0 Å². The van der Waals surface area contributed by atoms with Crippen LogP contribution in [0.25, 0.3) is 11.0 Å². The van der Waals surface area contributed by atoms with E-state index in [0.717, 1.165) is 22.5 Å². The molecule has 0 saturated heterocycles. The van der Waals surface area contributed by atoms with Crippen LogP contribution in [-0.4, -0.2) is 24.7 Å². The van der Waals surface area contributed by atoms with E-state index in [0.29, 0.717) is 6.54 Å². The molecule has 90 valence electrons. The molecule has 0 fully saturated rings. The lowest BCUT2D eigenvalue weighted by Gasteiger charge is -2.05. The number of pyridine rings is 1. The Morgan fingerprint density at radius 3 is 3.00 bits per heavy atom. The molecule has 0 saturated carbocycles. The molecule has 3 aromatic heterocycles. The van der Waals surface area contributed by atoms with Gasteiger partial charge in [0.2, 0.25) is 0 Å². The summed E-state index contributed by atoms with van der Waals surface area (Å²) in [5.41, 5.74) is 2.78. The van der Waals surface area contributed by atoms with Gasteiger partial charge in [-0.2, -0.15) is 10.2 Å². The number of nitrogens with one attached hydrogen (secondary N) is 1. The first kappa shape index (κ1) is 10.6. The first-order valence-electron chi connectivity index (χ1n) is 5.61. The Kier molecular flexibility index (Phi) is 2.60. The minimum absolute atomic E-state index is 0.580. The largest absolute Gasteiger partial charge is 0.362 e. The van der Waals surface area contributed by atoms with Crippen molar-refractivity contribution in [2.24, 2.45) is 7.05 Å². The Morgan fingerprint density at radius 2 is 2.17 bits per heavy atom. The van der Waals surface area contributed by atoms with Gasteiger partial charge in [0.05, 0.1) is 24.1 Å². The third-order valence-corrected chi connectivity index (χ3v) is 2.71. The molecule has 0 radical (unpaired) electrons. The molecule has 0 aliphatic carbocycles. The van der Waals surface area contributed by atoms with Crippen LogP contribution in [0.5, 0.6) is 0 Å². The maximum atomic E-state index is 4.33. The lowest BCUT2D eigenvalue weighted by molar-refractivity contribution is 0.921. The molecule has 0 bridgehead atoms. The molecule has 3 rings (SSSR count). The van der Waals surface area contributed by atoms with Crippen molar-refractivity contribution in [2.75, 3.05) is 5.32 Å². The van der Waals surface area contributed by atoms with Crippen LogP contribution in [0.3, 0.4) is 0 Å². The first-order chi connectivity index (χ1) is 8.84. The molecule has 0 spiro atoms. The lowest BCUT2D eigenvalue weighted by atomic mass is 10.3. The minimum atomic E-state index is 0.580. The second kappa shape index (κ2) is 4.40. The zero-order chi connectivity index (χ0) is 12.4. The topological polar surface area (TPSA) is 68.5 Å². The fourth-order valence-electron chi connectivity index (χ4n) is 1.79. The molecule has 0 aliphatic rings. The molecular formula is C12H12N6. The van der Waals surface area contributed by atoms with Gasteiger partial charge in [-0.3, -0.25) is 0 Å². The third-order valence-electron chi connectivity index (χ3n) is 2.71. The van der Waals surface area contributed by atoms with Crippen LogP contribution in [0.4, 0.5) is 5.82 Å². The molecule has 0 unspecified atom stereocenters. The van der Waals surface area contributed by atoms with E-state index in [1.807, 2.05) is 29.8 Å². The van der Waals surface area contributed by atoms with E-state index >= 15 is 0 Å². The fourth-order valence-corrected chi connectivity index (χ4v) is 1.79. The summed E-state index contributed by atoms with van der Waals surface area (Å²) in [7, 11) is 1.96. The van der Waals surface area contributed by atoms with Crippen LogP contribution in [0, 0.1) is 0 Å². The predicted octanol–water partition coefficient (Wildman–Crippen LogP) is 1.37. The van der Waals surface area contributed by atoms with Crippen molar-refractivity contribution in [3.05, 3.63) is 42.6 Å². The number of aromatic nitrogens is 5. The second-order valence-corrected chi connectivity index (χ2v) is 3.95. The van der Waals surface area contributed by atoms with Crippen LogP contribution in [0.1, 0.15) is 5.69 Å². The van der Waals surface area contributed by atoms with E-state index < -0.39 is 0 Å². The number of nitrogens with zero attached hydrogens (tertiary/aromatic N) is 5. The van der Waals surface area contributed by atoms with Gasteiger partial charge >= 0.3 is 0 Å². The highest BCUT2D eigenvalue weighted by Gasteiger charge is 2.06. The van der Waals surface area contributed by atoms with Crippen molar-refractivity contribution in [3.8, 4) is 0 Å². The molecule has 0 atom stereocenters. The Balaban J connectivity index is 1.87. The molecular weight excluding hydrogens is 228 g/mol. The summed E-state index contributed by atoms with van der Waals surface area (Å²) in [4.78, 5) is 8.63. The molecule has 0 aliphatic heterocycles. The number of fused-ring (bicyclic) bond motifs is 1. The highest BCUT2D eigenvalue weighted by molar-refractivity contribution is 5.85. The minimum Gasteiger partial charge on any atom is -0.362 e. The lowest BCUT2D eigenvalue weighted by Crippen LogP contribution is -2.04. The number of anilines is 1. The summed E-state index contributed by atoms with van der Waals surface area (Å²) in [6.45, 7) is 0.580. The molecule has 3 heterocycles. The summed E-state index contributed by atoms with van der Waals surface area (Å²) in [5.74, 6) is 0.763. The first-order valence-corrected chi connectivity index (χ1v) is 5.61. The average Bonchev–Trinajstić information content (AvgIpc) is 2.80. The summed E-state index contributed by atoms with van der Waals surface area (Å²) < 4.78 is 1.96. The van der Waals surface area contributed by atoms with Crippen molar-refractivity contribution in [2.45, 2.75) is 6.54 Å². The smallest absolute Gasteiger partial charge is 0.154 e. The normalized spacial score (nSPS) is 10.7. The standard InChI is InChI=1S/C12H12N6/c1-18-8-15-11-10(18)4-6-13-12(11)14-7-9-3-2-5-16-17-9/h2-6,8H,7H2,1H3,(H,13,14). The number of hydrogen-bond donors (Lipinski definition) is 1. The van der Waals surface area contributed by atoms with Gasteiger partial charge in [-0.25, -0.2) is 9.97 Å². The van der Waals surface area contributed by atoms with Crippen LogP contribution < -0.4 is 5.32 Å². The van der Waals surface area contributed by atoms with Crippen molar-refractivity contribution >= 4 is 16.9 Å². The maximum absolute atomic E-state index is 4.33. The van der Waals surface area contributed by atoms with E-state index in [1.54, 1.807) is 18.7 Å². The Hall–Kier alpha value is -2.50. The van der Waals surface area contributed by atoms with Gasteiger partial charge in [0.25, 0.3) is 0 Å². The van der Waals surface area contributed by atoms with Gasteiger partial charge < -0.3 is 9.88 Å².